The number of methoxy groups -OCH3 is 1. The summed E-state index contributed by atoms with van der Waals surface area (Å²) in [5, 5.41) is 9.57. The van der Waals surface area contributed by atoms with Crippen molar-refractivity contribution in [2.24, 2.45) is 0 Å². The minimum absolute atomic E-state index is 0.189. The van der Waals surface area contributed by atoms with E-state index in [1.54, 1.807) is 13.2 Å². The second kappa shape index (κ2) is 6.07. The maximum Gasteiger partial charge on any atom is 0.160 e. The highest BCUT2D eigenvalue weighted by atomic mass is 16.5. The molecule has 4 nitrogen and oxygen atoms in total. The Morgan fingerprint density at radius 3 is 3.11 bits per heavy atom. The Labute approximate surface area is 108 Å². The summed E-state index contributed by atoms with van der Waals surface area (Å²) in [6.07, 6.45) is 1.35. The average Bonchev–Trinajstić information content (AvgIpc) is 2.56. The maximum atomic E-state index is 9.57. The lowest BCUT2D eigenvalue weighted by atomic mass is 10.1. The lowest BCUT2D eigenvalue weighted by Gasteiger charge is -2.22. The molecule has 0 aliphatic carbocycles. The van der Waals surface area contributed by atoms with Crippen LogP contribution in [0.3, 0.4) is 0 Å². The van der Waals surface area contributed by atoms with Crippen molar-refractivity contribution in [3.05, 3.63) is 23.8 Å². The highest BCUT2D eigenvalue weighted by molar-refractivity contribution is 5.41. The molecule has 1 unspecified atom stereocenters. The minimum Gasteiger partial charge on any atom is -0.504 e. The molecule has 1 atom stereocenters. The Morgan fingerprint density at radius 2 is 2.33 bits per heavy atom. The molecule has 1 aliphatic heterocycles. The van der Waals surface area contributed by atoms with Gasteiger partial charge in [-0.3, -0.25) is 4.90 Å². The van der Waals surface area contributed by atoms with E-state index in [0.29, 0.717) is 5.75 Å². The second-order valence-electron chi connectivity index (χ2n) is 4.78. The summed E-state index contributed by atoms with van der Waals surface area (Å²) in [5.74, 6) is 0.723. The van der Waals surface area contributed by atoms with Gasteiger partial charge in [0.2, 0.25) is 0 Å². The first-order valence-corrected chi connectivity index (χ1v) is 6.39. The van der Waals surface area contributed by atoms with Crippen LogP contribution in [0.15, 0.2) is 18.2 Å². The van der Waals surface area contributed by atoms with Gasteiger partial charge in [-0.25, -0.2) is 0 Å². The summed E-state index contributed by atoms with van der Waals surface area (Å²) >= 11 is 0. The Hall–Kier alpha value is -1.26. The van der Waals surface area contributed by atoms with Crippen molar-refractivity contribution < 1.29 is 14.6 Å². The van der Waals surface area contributed by atoms with E-state index in [9.17, 15) is 5.11 Å². The molecule has 100 valence electrons. The average molecular weight is 251 g/mol. The number of rotatable bonds is 3. The third-order valence-electron chi connectivity index (χ3n) is 3.19. The molecule has 0 amide bonds. The lowest BCUT2D eigenvalue weighted by Crippen LogP contribution is -2.29. The van der Waals surface area contributed by atoms with Crippen molar-refractivity contribution in [2.45, 2.75) is 26.0 Å². The molecule has 1 heterocycles. The van der Waals surface area contributed by atoms with Crippen LogP contribution in [0.25, 0.3) is 0 Å². The highest BCUT2D eigenvalue weighted by Gasteiger charge is 2.15. The molecular formula is C14H21NO3. The van der Waals surface area contributed by atoms with Gasteiger partial charge in [0.1, 0.15) is 0 Å². The Balaban J connectivity index is 2.03. The van der Waals surface area contributed by atoms with Crippen LogP contribution in [0.2, 0.25) is 0 Å². The van der Waals surface area contributed by atoms with Gasteiger partial charge in [-0.1, -0.05) is 6.07 Å². The van der Waals surface area contributed by atoms with Crippen molar-refractivity contribution >= 4 is 0 Å². The molecule has 0 spiro atoms. The van der Waals surface area contributed by atoms with Gasteiger partial charge in [0.15, 0.2) is 11.5 Å². The van der Waals surface area contributed by atoms with Crippen LogP contribution in [0, 0.1) is 0 Å². The van der Waals surface area contributed by atoms with E-state index in [1.165, 1.54) is 0 Å². The van der Waals surface area contributed by atoms with E-state index in [-0.39, 0.29) is 11.9 Å². The Morgan fingerprint density at radius 1 is 1.50 bits per heavy atom. The third-order valence-corrected chi connectivity index (χ3v) is 3.19. The van der Waals surface area contributed by atoms with E-state index < -0.39 is 0 Å². The number of aromatic hydroxyl groups is 1. The smallest absolute Gasteiger partial charge is 0.160 e. The molecule has 18 heavy (non-hydrogen) atoms. The number of phenolic OH excluding ortho intramolecular Hbond substituents is 1. The summed E-state index contributed by atoms with van der Waals surface area (Å²) in [5.41, 5.74) is 1.15. The summed E-state index contributed by atoms with van der Waals surface area (Å²) in [7, 11) is 1.57. The van der Waals surface area contributed by atoms with Crippen LogP contribution in [0.1, 0.15) is 18.9 Å². The summed E-state index contributed by atoms with van der Waals surface area (Å²) < 4.78 is 10.8. The molecule has 1 aromatic rings. The number of hydrogen-bond acceptors (Lipinski definition) is 4. The van der Waals surface area contributed by atoms with E-state index in [2.05, 4.69) is 11.8 Å². The second-order valence-corrected chi connectivity index (χ2v) is 4.78. The van der Waals surface area contributed by atoms with Crippen molar-refractivity contribution in [1.82, 2.24) is 4.90 Å². The van der Waals surface area contributed by atoms with Crippen LogP contribution in [0.5, 0.6) is 11.5 Å². The first-order valence-electron chi connectivity index (χ1n) is 6.39. The van der Waals surface area contributed by atoms with Crippen LogP contribution in [-0.2, 0) is 11.3 Å². The summed E-state index contributed by atoms with van der Waals surface area (Å²) in [6.45, 7) is 5.81. The van der Waals surface area contributed by atoms with Crippen molar-refractivity contribution in [3.8, 4) is 11.5 Å². The van der Waals surface area contributed by atoms with Gasteiger partial charge >= 0.3 is 0 Å². The molecule has 4 heteroatoms. The van der Waals surface area contributed by atoms with E-state index in [4.69, 9.17) is 9.47 Å². The fraction of sp³-hybridized carbons (Fsp3) is 0.571. The predicted molar refractivity (Wildman–Crippen MR) is 70.0 cm³/mol. The maximum absolute atomic E-state index is 9.57. The van der Waals surface area contributed by atoms with Gasteiger partial charge in [0.25, 0.3) is 0 Å². The Kier molecular flexibility index (Phi) is 4.44. The van der Waals surface area contributed by atoms with Crippen LogP contribution < -0.4 is 4.74 Å². The summed E-state index contributed by atoms with van der Waals surface area (Å²) in [6, 6.07) is 5.52. The normalized spacial score (nSPS) is 21.6. The quantitative estimate of drug-likeness (QED) is 0.892. The SMILES string of the molecule is COc1cc(CN2CCCOC(C)C2)ccc1O. The number of hydrogen-bond donors (Lipinski definition) is 1. The monoisotopic (exact) mass is 251 g/mol. The Bertz CT molecular complexity index is 395. The molecule has 0 radical (unpaired) electrons. The molecule has 0 bridgehead atoms. The third kappa shape index (κ3) is 3.37. The van der Waals surface area contributed by atoms with Gasteiger partial charge in [-0.2, -0.15) is 0 Å². The number of phenols is 1. The van der Waals surface area contributed by atoms with E-state index >= 15 is 0 Å². The van der Waals surface area contributed by atoms with Gasteiger partial charge in [-0.15, -0.1) is 0 Å². The molecule has 0 saturated carbocycles. The van der Waals surface area contributed by atoms with E-state index in [0.717, 1.165) is 38.2 Å². The van der Waals surface area contributed by atoms with E-state index in [1.807, 2.05) is 12.1 Å². The molecule has 1 saturated heterocycles. The van der Waals surface area contributed by atoms with Crippen molar-refractivity contribution in [3.63, 3.8) is 0 Å². The molecule has 1 N–H and O–H groups in total. The number of ether oxygens (including phenoxy) is 2. The zero-order valence-corrected chi connectivity index (χ0v) is 11.1. The first-order chi connectivity index (χ1) is 8.69. The molecule has 1 aromatic carbocycles. The molecule has 0 aromatic heterocycles. The predicted octanol–water partition coefficient (Wildman–Crippen LogP) is 2.01. The standard InChI is InChI=1S/C14H21NO3/c1-11-9-15(6-3-7-18-11)10-12-4-5-13(16)14(8-12)17-2/h4-5,8,11,16H,3,6-7,9-10H2,1-2H3. The number of benzene rings is 1. The first kappa shape index (κ1) is 13.2. The van der Waals surface area contributed by atoms with Gasteiger partial charge in [-0.05, 0) is 31.0 Å². The lowest BCUT2D eigenvalue weighted by molar-refractivity contribution is 0.0668. The van der Waals surface area contributed by atoms with Crippen LogP contribution in [0.4, 0.5) is 0 Å². The highest BCUT2D eigenvalue weighted by Crippen LogP contribution is 2.27. The van der Waals surface area contributed by atoms with Gasteiger partial charge in [0, 0.05) is 26.2 Å². The van der Waals surface area contributed by atoms with Crippen LogP contribution in [-0.4, -0.2) is 42.9 Å². The summed E-state index contributed by atoms with van der Waals surface area (Å²) in [4.78, 5) is 2.38. The van der Waals surface area contributed by atoms with Crippen LogP contribution >= 0.6 is 0 Å². The van der Waals surface area contributed by atoms with Crippen molar-refractivity contribution in [2.75, 3.05) is 26.8 Å². The zero-order valence-electron chi connectivity index (χ0n) is 11.1. The number of nitrogens with zero attached hydrogens (tertiary/aromatic N) is 1. The largest absolute Gasteiger partial charge is 0.504 e. The molecule has 1 fully saturated rings. The minimum atomic E-state index is 0.189. The van der Waals surface area contributed by atoms with Gasteiger partial charge in [0.05, 0.1) is 13.2 Å². The van der Waals surface area contributed by atoms with Gasteiger partial charge < -0.3 is 14.6 Å². The molecule has 2 rings (SSSR count). The topological polar surface area (TPSA) is 41.9 Å². The molecular weight excluding hydrogens is 230 g/mol. The van der Waals surface area contributed by atoms with Crippen molar-refractivity contribution in [1.29, 1.82) is 0 Å². The molecule has 1 aliphatic rings. The fourth-order valence-electron chi connectivity index (χ4n) is 2.30. The fourth-order valence-corrected chi connectivity index (χ4v) is 2.30. The zero-order chi connectivity index (χ0) is 13.0.